The Bertz CT molecular complexity index is 106. The van der Waals surface area contributed by atoms with Gasteiger partial charge in [-0.15, -0.1) is 0 Å². The van der Waals surface area contributed by atoms with Crippen LogP contribution in [0.2, 0.25) is 0 Å². The molecule has 0 rings (SSSR count). The van der Waals surface area contributed by atoms with Crippen LogP contribution in [-0.2, 0) is 0 Å². The van der Waals surface area contributed by atoms with E-state index in [1.165, 1.54) is 19.3 Å². The van der Waals surface area contributed by atoms with E-state index in [9.17, 15) is 0 Å². The summed E-state index contributed by atoms with van der Waals surface area (Å²) in [6.45, 7) is 3.70. The van der Waals surface area contributed by atoms with E-state index < -0.39 is 0 Å². The van der Waals surface area contributed by atoms with E-state index in [-0.39, 0.29) is 6.04 Å². The Morgan fingerprint density at radius 2 is 1.62 bits per heavy atom. The van der Waals surface area contributed by atoms with Crippen LogP contribution in [0.1, 0.15) is 39.0 Å². The first kappa shape index (κ1) is 12.9. The maximum absolute atomic E-state index is 5.71. The smallest absolute Gasteiger partial charge is 0.0163 e. The van der Waals surface area contributed by atoms with Crippen molar-refractivity contribution in [3.63, 3.8) is 0 Å². The molecule has 0 radical (unpaired) electrons. The van der Waals surface area contributed by atoms with E-state index in [0.29, 0.717) is 6.54 Å². The van der Waals surface area contributed by atoms with Crippen LogP contribution in [0, 0.1) is 5.92 Å². The average Bonchev–Trinajstić information content (AvgIpc) is 2.14. The quantitative estimate of drug-likeness (QED) is 0.526. The Labute approximate surface area is 82.0 Å². The molecule has 0 aromatic rings. The molecule has 6 N–H and O–H groups in total. The molecule has 13 heavy (non-hydrogen) atoms. The molecule has 0 fully saturated rings. The minimum Gasteiger partial charge on any atom is -0.330 e. The van der Waals surface area contributed by atoms with Gasteiger partial charge in [0.1, 0.15) is 0 Å². The fraction of sp³-hybridized carbons (Fsp3) is 1.00. The van der Waals surface area contributed by atoms with Gasteiger partial charge < -0.3 is 17.2 Å². The molecular weight excluding hydrogens is 162 g/mol. The third-order valence-corrected chi connectivity index (χ3v) is 2.48. The summed E-state index contributed by atoms with van der Waals surface area (Å²) in [6, 6.07) is 0.196. The number of hydrogen-bond donors (Lipinski definition) is 3. The SMILES string of the molecule is CC(CCCN)CCCC(N)CN. The van der Waals surface area contributed by atoms with E-state index in [1.807, 2.05) is 0 Å². The van der Waals surface area contributed by atoms with Crippen molar-refractivity contribution in [1.29, 1.82) is 0 Å². The Hall–Kier alpha value is -0.120. The van der Waals surface area contributed by atoms with Gasteiger partial charge in [-0.2, -0.15) is 0 Å². The van der Waals surface area contributed by atoms with Crippen LogP contribution in [0.5, 0.6) is 0 Å². The third-order valence-electron chi connectivity index (χ3n) is 2.48. The van der Waals surface area contributed by atoms with Crippen LogP contribution in [0.4, 0.5) is 0 Å². The zero-order valence-electron chi connectivity index (χ0n) is 8.84. The van der Waals surface area contributed by atoms with Crippen molar-refractivity contribution < 1.29 is 0 Å². The van der Waals surface area contributed by atoms with E-state index in [1.54, 1.807) is 0 Å². The van der Waals surface area contributed by atoms with Gasteiger partial charge >= 0.3 is 0 Å². The fourth-order valence-electron chi connectivity index (χ4n) is 1.46. The largest absolute Gasteiger partial charge is 0.330 e. The van der Waals surface area contributed by atoms with Crippen LogP contribution in [-0.4, -0.2) is 19.1 Å². The topological polar surface area (TPSA) is 78.1 Å². The molecule has 3 heteroatoms. The molecule has 0 spiro atoms. The first-order chi connectivity index (χ1) is 6.20. The van der Waals surface area contributed by atoms with Crippen LogP contribution < -0.4 is 17.2 Å². The van der Waals surface area contributed by atoms with Crippen molar-refractivity contribution >= 4 is 0 Å². The van der Waals surface area contributed by atoms with Crippen LogP contribution in [0.3, 0.4) is 0 Å². The summed E-state index contributed by atoms with van der Waals surface area (Å²) < 4.78 is 0. The first-order valence-corrected chi connectivity index (χ1v) is 5.36. The predicted octanol–water partition coefficient (Wildman–Crippen LogP) is 0.818. The van der Waals surface area contributed by atoms with Crippen LogP contribution >= 0.6 is 0 Å². The van der Waals surface area contributed by atoms with Crippen molar-refractivity contribution in [2.24, 2.45) is 23.1 Å². The summed E-state index contributed by atoms with van der Waals surface area (Å²) >= 11 is 0. The van der Waals surface area contributed by atoms with Crippen molar-refractivity contribution in [2.75, 3.05) is 13.1 Å². The molecule has 0 amide bonds. The molecule has 0 saturated heterocycles. The molecule has 0 aliphatic carbocycles. The van der Waals surface area contributed by atoms with E-state index in [2.05, 4.69) is 6.92 Å². The summed E-state index contributed by atoms with van der Waals surface area (Å²) in [7, 11) is 0. The highest BCUT2D eigenvalue weighted by Crippen LogP contribution is 2.13. The summed E-state index contributed by atoms with van der Waals surface area (Å²) in [5.41, 5.74) is 16.6. The highest BCUT2D eigenvalue weighted by Gasteiger charge is 2.03. The molecular formula is C10H25N3. The fourth-order valence-corrected chi connectivity index (χ4v) is 1.46. The zero-order chi connectivity index (χ0) is 10.1. The molecule has 3 nitrogen and oxygen atoms in total. The second-order valence-corrected chi connectivity index (χ2v) is 3.96. The third kappa shape index (κ3) is 8.22. The van der Waals surface area contributed by atoms with Gasteiger partial charge in [0.25, 0.3) is 0 Å². The van der Waals surface area contributed by atoms with Crippen molar-refractivity contribution in [3.05, 3.63) is 0 Å². The van der Waals surface area contributed by atoms with Gasteiger partial charge in [0.2, 0.25) is 0 Å². The molecule has 2 unspecified atom stereocenters. The zero-order valence-corrected chi connectivity index (χ0v) is 8.84. The second-order valence-electron chi connectivity index (χ2n) is 3.96. The normalized spacial score (nSPS) is 15.7. The lowest BCUT2D eigenvalue weighted by Gasteiger charge is -2.12. The van der Waals surface area contributed by atoms with E-state index in [0.717, 1.165) is 25.3 Å². The van der Waals surface area contributed by atoms with Gasteiger partial charge in [-0.1, -0.05) is 19.8 Å². The summed E-state index contributed by atoms with van der Waals surface area (Å²) in [5, 5.41) is 0. The van der Waals surface area contributed by atoms with Crippen molar-refractivity contribution in [1.82, 2.24) is 0 Å². The lowest BCUT2D eigenvalue weighted by molar-refractivity contribution is 0.440. The van der Waals surface area contributed by atoms with Gasteiger partial charge in [-0.05, 0) is 31.7 Å². The molecule has 0 saturated carbocycles. The van der Waals surface area contributed by atoms with Gasteiger partial charge in [0.05, 0.1) is 0 Å². The van der Waals surface area contributed by atoms with Gasteiger partial charge in [0.15, 0.2) is 0 Å². The molecule has 0 aliphatic rings. The molecule has 0 bridgehead atoms. The monoisotopic (exact) mass is 187 g/mol. The van der Waals surface area contributed by atoms with E-state index in [4.69, 9.17) is 17.2 Å². The van der Waals surface area contributed by atoms with Crippen molar-refractivity contribution in [2.45, 2.75) is 45.1 Å². The summed E-state index contributed by atoms with van der Waals surface area (Å²) in [6.07, 6.45) is 5.90. The van der Waals surface area contributed by atoms with Gasteiger partial charge in [-0.25, -0.2) is 0 Å². The number of nitrogens with two attached hydrogens (primary N) is 3. The summed E-state index contributed by atoms with van der Waals surface area (Å²) in [4.78, 5) is 0. The van der Waals surface area contributed by atoms with Crippen molar-refractivity contribution in [3.8, 4) is 0 Å². The Kier molecular flexibility index (Phi) is 8.40. The Balaban J connectivity index is 3.21. The average molecular weight is 187 g/mol. The number of hydrogen-bond acceptors (Lipinski definition) is 3. The first-order valence-electron chi connectivity index (χ1n) is 5.36. The molecule has 0 aliphatic heterocycles. The highest BCUT2D eigenvalue weighted by atomic mass is 14.7. The highest BCUT2D eigenvalue weighted by molar-refractivity contribution is 4.63. The minimum atomic E-state index is 0.196. The molecule has 80 valence electrons. The van der Waals surface area contributed by atoms with Crippen LogP contribution in [0.15, 0.2) is 0 Å². The van der Waals surface area contributed by atoms with Gasteiger partial charge in [-0.3, -0.25) is 0 Å². The maximum atomic E-state index is 5.71. The maximum Gasteiger partial charge on any atom is 0.0163 e. The lowest BCUT2D eigenvalue weighted by Crippen LogP contribution is -2.29. The molecule has 2 atom stereocenters. The molecule has 0 aromatic heterocycles. The second kappa shape index (κ2) is 8.48. The number of rotatable bonds is 8. The standard InChI is InChI=1S/C10H25N3/c1-9(5-3-7-11)4-2-6-10(13)8-12/h9-10H,2-8,11-13H2,1H3. The molecule has 0 heterocycles. The Morgan fingerprint density at radius 1 is 1.00 bits per heavy atom. The van der Waals surface area contributed by atoms with Gasteiger partial charge in [0, 0.05) is 12.6 Å². The molecule has 0 aromatic carbocycles. The van der Waals surface area contributed by atoms with E-state index >= 15 is 0 Å². The van der Waals surface area contributed by atoms with Crippen LogP contribution in [0.25, 0.3) is 0 Å². The Morgan fingerprint density at radius 3 is 2.15 bits per heavy atom. The minimum absolute atomic E-state index is 0.196. The summed E-state index contributed by atoms with van der Waals surface area (Å²) in [5.74, 6) is 0.786. The predicted molar refractivity (Wildman–Crippen MR) is 58.3 cm³/mol. The lowest BCUT2D eigenvalue weighted by atomic mass is 9.97.